The van der Waals surface area contributed by atoms with Crippen molar-refractivity contribution in [1.82, 2.24) is 10.3 Å². The maximum atomic E-state index is 10.8. The molecule has 1 aromatic heterocycles. The van der Waals surface area contributed by atoms with Gasteiger partial charge in [-0.2, -0.15) is 0 Å². The Morgan fingerprint density at radius 1 is 1.71 bits per heavy atom. The smallest absolute Gasteiger partial charge is 0.307 e. The minimum atomic E-state index is -0.689. The molecule has 0 radical (unpaired) electrons. The summed E-state index contributed by atoms with van der Waals surface area (Å²) in [5, 5.41) is 12.1. The van der Waals surface area contributed by atoms with Crippen molar-refractivity contribution in [2.45, 2.75) is 6.04 Å². The molecule has 0 amide bonds. The lowest BCUT2D eigenvalue weighted by Gasteiger charge is -2.10. The minimum Gasteiger partial charge on any atom is -0.481 e. The van der Waals surface area contributed by atoms with E-state index in [2.05, 4.69) is 10.3 Å². The van der Waals surface area contributed by atoms with Crippen molar-refractivity contribution in [3.8, 4) is 0 Å². The van der Waals surface area contributed by atoms with E-state index in [-0.39, 0.29) is 23.8 Å². The van der Waals surface area contributed by atoms with Gasteiger partial charge >= 0.3 is 5.97 Å². The summed E-state index contributed by atoms with van der Waals surface area (Å²) in [7, 11) is 0. The van der Waals surface area contributed by atoms with Crippen molar-refractivity contribution in [1.29, 1.82) is 0 Å². The largest absolute Gasteiger partial charge is 0.481 e. The number of oxazole rings is 1. The summed E-state index contributed by atoms with van der Waals surface area (Å²) in [4.78, 5) is 14.7. The topological polar surface area (TPSA) is 75.4 Å². The molecule has 1 saturated heterocycles. The lowest BCUT2D eigenvalue weighted by Crippen LogP contribution is -2.22. The molecule has 4 unspecified atom stereocenters. The molecule has 3 rings (SSSR count). The Balaban J connectivity index is 1.82. The summed E-state index contributed by atoms with van der Waals surface area (Å²) in [6.45, 7) is 0.771. The lowest BCUT2D eigenvalue weighted by atomic mass is 10.1. The van der Waals surface area contributed by atoms with Gasteiger partial charge in [-0.1, -0.05) is 0 Å². The fourth-order valence-electron chi connectivity index (χ4n) is 2.53. The van der Waals surface area contributed by atoms with Crippen molar-refractivity contribution < 1.29 is 14.3 Å². The van der Waals surface area contributed by atoms with E-state index >= 15 is 0 Å². The van der Waals surface area contributed by atoms with Gasteiger partial charge in [0.05, 0.1) is 18.2 Å². The van der Waals surface area contributed by atoms with E-state index in [1.54, 1.807) is 6.20 Å². The molecule has 4 atom stereocenters. The van der Waals surface area contributed by atoms with E-state index in [0.717, 1.165) is 12.3 Å². The molecule has 1 saturated carbocycles. The SMILES string of the molecule is O=C(O)C1C2CNC(c3cnco3)C21. The summed E-state index contributed by atoms with van der Waals surface area (Å²) < 4.78 is 5.18. The Morgan fingerprint density at radius 3 is 3.14 bits per heavy atom. The first-order valence-electron chi connectivity index (χ1n) is 4.63. The standard InChI is InChI=1S/C9H10N2O3/c12-9(13)7-4-1-11-8(6(4)7)5-2-10-3-14-5/h2-4,6-8,11H,1H2,(H,12,13). The fraction of sp³-hybridized carbons (Fsp3) is 0.556. The van der Waals surface area contributed by atoms with Crippen LogP contribution in [0.2, 0.25) is 0 Å². The van der Waals surface area contributed by atoms with Crippen LogP contribution in [-0.2, 0) is 4.79 Å². The second-order valence-electron chi connectivity index (χ2n) is 3.89. The number of carbonyl (C=O) groups is 1. The molecule has 5 nitrogen and oxygen atoms in total. The predicted octanol–water partition coefficient (Wildman–Crippen LogP) is 0.266. The Labute approximate surface area is 80.1 Å². The van der Waals surface area contributed by atoms with E-state index in [0.29, 0.717) is 0 Å². The van der Waals surface area contributed by atoms with Crippen LogP contribution in [0.15, 0.2) is 17.0 Å². The quantitative estimate of drug-likeness (QED) is 0.706. The van der Waals surface area contributed by atoms with Crippen LogP contribution in [-0.4, -0.2) is 22.6 Å². The Kier molecular flexibility index (Phi) is 1.47. The van der Waals surface area contributed by atoms with Crippen molar-refractivity contribution in [2.24, 2.45) is 17.8 Å². The van der Waals surface area contributed by atoms with Crippen molar-refractivity contribution >= 4 is 5.97 Å². The molecule has 0 bridgehead atoms. The van der Waals surface area contributed by atoms with Crippen LogP contribution < -0.4 is 5.32 Å². The third-order valence-electron chi connectivity index (χ3n) is 3.23. The highest BCUT2D eigenvalue weighted by atomic mass is 16.4. The lowest BCUT2D eigenvalue weighted by molar-refractivity contribution is -0.139. The Hall–Kier alpha value is -1.36. The van der Waals surface area contributed by atoms with Gasteiger partial charge in [-0.3, -0.25) is 4.79 Å². The molecule has 1 aliphatic heterocycles. The van der Waals surface area contributed by atoms with Gasteiger partial charge in [0.25, 0.3) is 0 Å². The second-order valence-corrected chi connectivity index (χ2v) is 3.89. The predicted molar refractivity (Wildman–Crippen MR) is 45.4 cm³/mol. The van der Waals surface area contributed by atoms with Gasteiger partial charge in [-0.25, -0.2) is 4.98 Å². The van der Waals surface area contributed by atoms with Gasteiger partial charge in [-0.15, -0.1) is 0 Å². The summed E-state index contributed by atoms with van der Waals surface area (Å²) in [5.41, 5.74) is 0. The normalized spacial score (nSPS) is 39.4. The number of carboxylic acid groups (broad SMARTS) is 1. The highest BCUT2D eigenvalue weighted by Gasteiger charge is 2.62. The molecule has 5 heteroatoms. The third-order valence-corrected chi connectivity index (χ3v) is 3.23. The number of nitrogens with zero attached hydrogens (tertiary/aromatic N) is 1. The first-order valence-corrected chi connectivity index (χ1v) is 4.63. The van der Waals surface area contributed by atoms with Gasteiger partial charge < -0.3 is 14.8 Å². The maximum Gasteiger partial charge on any atom is 0.307 e. The molecule has 0 aromatic carbocycles. The second kappa shape index (κ2) is 2.57. The zero-order valence-electron chi connectivity index (χ0n) is 7.38. The van der Waals surface area contributed by atoms with E-state index in [1.165, 1.54) is 6.39 Å². The molecule has 1 aliphatic carbocycles. The summed E-state index contributed by atoms with van der Waals surface area (Å²) in [5.74, 6) is 0.349. The number of carboxylic acids is 1. The molecule has 2 heterocycles. The molecule has 2 N–H and O–H groups in total. The molecule has 0 spiro atoms. The van der Waals surface area contributed by atoms with Crippen LogP contribution in [0.1, 0.15) is 11.8 Å². The molecular formula is C9H10N2O3. The van der Waals surface area contributed by atoms with Crippen LogP contribution in [0, 0.1) is 17.8 Å². The van der Waals surface area contributed by atoms with Gasteiger partial charge in [0, 0.05) is 0 Å². The number of hydrogen-bond acceptors (Lipinski definition) is 4. The summed E-state index contributed by atoms with van der Waals surface area (Å²) >= 11 is 0. The Bertz CT molecular complexity index is 362. The number of nitrogens with one attached hydrogen (secondary N) is 1. The zero-order valence-corrected chi connectivity index (χ0v) is 7.38. The molecule has 74 valence electrons. The molecule has 1 aromatic rings. The van der Waals surface area contributed by atoms with Gasteiger partial charge in [-0.05, 0) is 18.4 Å². The first kappa shape index (κ1) is 7.99. The van der Waals surface area contributed by atoms with E-state index in [1.807, 2.05) is 0 Å². The van der Waals surface area contributed by atoms with Crippen molar-refractivity contribution in [2.75, 3.05) is 6.54 Å². The third kappa shape index (κ3) is 0.928. The van der Waals surface area contributed by atoms with Crippen LogP contribution >= 0.6 is 0 Å². The van der Waals surface area contributed by atoms with Gasteiger partial charge in [0.1, 0.15) is 5.76 Å². The number of hydrogen-bond donors (Lipinski definition) is 2. The highest BCUT2D eigenvalue weighted by molar-refractivity contribution is 5.75. The first-order chi connectivity index (χ1) is 6.79. The highest BCUT2D eigenvalue weighted by Crippen LogP contribution is 2.57. The van der Waals surface area contributed by atoms with Gasteiger partial charge in [0.15, 0.2) is 6.39 Å². The fourth-order valence-corrected chi connectivity index (χ4v) is 2.53. The molecule has 14 heavy (non-hydrogen) atoms. The van der Waals surface area contributed by atoms with Crippen LogP contribution in [0.3, 0.4) is 0 Å². The summed E-state index contributed by atoms with van der Waals surface area (Å²) in [6, 6.07) is 0.0450. The minimum absolute atomic E-state index is 0.0450. The molecule has 2 fully saturated rings. The van der Waals surface area contributed by atoms with Crippen molar-refractivity contribution in [3.63, 3.8) is 0 Å². The van der Waals surface area contributed by atoms with Crippen molar-refractivity contribution in [3.05, 3.63) is 18.4 Å². The molecular weight excluding hydrogens is 184 g/mol. The molecule has 2 aliphatic rings. The summed E-state index contributed by atoms with van der Waals surface area (Å²) in [6.07, 6.45) is 3.03. The number of aliphatic carboxylic acids is 1. The van der Waals surface area contributed by atoms with Gasteiger partial charge in [0.2, 0.25) is 0 Å². The van der Waals surface area contributed by atoms with Crippen LogP contribution in [0.25, 0.3) is 0 Å². The average molecular weight is 194 g/mol. The number of fused-ring (bicyclic) bond motifs is 1. The Morgan fingerprint density at radius 2 is 2.57 bits per heavy atom. The zero-order chi connectivity index (χ0) is 9.71. The van der Waals surface area contributed by atoms with Crippen LogP contribution in [0.4, 0.5) is 0 Å². The number of aromatic nitrogens is 1. The van der Waals surface area contributed by atoms with E-state index in [9.17, 15) is 4.79 Å². The number of piperidine rings is 1. The van der Waals surface area contributed by atoms with E-state index < -0.39 is 5.97 Å². The average Bonchev–Trinajstić information content (AvgIpc) is 2.57. The monoisotopic (exact) mass is 194 g/mol. The maximum absolute atomic E-state index is 10.8. The van der Waals surface area contributed by atoms with Crippen LogP contribution in [0.5, 0.6) is 0 Å². The van der Waals surface area contributed by atoms with E-state index in [4.69, 9.17) is 9.52 Å². The number of rotatable bonds is 2.